The van der Waals surface area contributed by atoms with Gasteiger partial charge in [-0.3, -0.25) is 14.9 Å². The van der Waals surface area contributed by atoms with Crippen molar-refractivity contribution in [2.45, 2.75) is 13.8 Å². The molecule has 1 aliphatic heterocycles. The average Bonchev–Trinajstić information content (AvgIpc) is 1.98. The average molecular weight is 127 g/mol. The Hall–Kier alpha value is -0.860. The molecule has 1 saturated heterocycles. The van der Waals surface area contributed by atoms with Gasteiger partial charge in [0.1, 0.15) is 0 Å². The molecule has 1 fully saturated rings. The second-order valence-corrected chi connectivity index (χ2v) is 2.43. The van der Waals surface area contributed by atoms with Crippen LogP contribution in [-0.4, -0.2) is 11.8 Å². The van der Waals surface area contributed by atoms with Gasteiger partial charge in [0.2, 0.25) is 11.8 Å². The summed E-state index contributed by atoms with van der Waals surface area (Å²) in [4.78, 5) is 21.3. The zero-order chi connectivity index (χ0) is 7.02. The minimum absolute atomic E-state index is 0.141. The van der Waals surface area contributed by atoms with Gasteiger partial charge in [-0.15, -0.1) is 0 Å². The molecule has 50 valence electrons. The maximum absolute atomic E-state index is 10.7. The van der Waals surface area contributed by atoms with E-state index in [1.807, 2.05) is 0 Å². The molecule has 0 bridgehead atoms. The van der Waals surface area contributed by atoms with E-state index in [4.69, 9.17) is 0 Å². The molecule has 1 N–H and O–H groups in total. The maximum atomic E-state index is 10.7. The topological polar surface area (TPSA) is 46.2 Å². The van der Waals surface area contributed by atoms with Crippen LogP contribution in [0.2, 0.25) is 0 Å². The molecule has 0 aromatic carbocycles. The molecule has 1 heterocycles. The second kappa shape index (κ2) is 1.83. The molecule has 2 unspecified atom stereocenters. The van der Waals surface area contributed by atoms with E-state index in [0.717, 1.165) is 0 Å². The van der Waals surface area contributed by atoms with Crippen molar-refractivity contribution in [2.24, 2.45) is 11.8 Å². The molecule has 0 aliphatic carbocycles. The summed E-state index contributed by atoms with van der Waals surface area (Å²) in [6, 6.07) is 0. The van der Waals surface area contributed by atoms with Gasteiger partial charge in [-0.1, -0.05) is 13.8 Å². The number of hydrogen-bond acceptors (Lipinski definition) is 2. The molecule has 3 heteroatoms. The van der Waals surface area contributed by atoms with Gasteiger partial charge >= 0.3 is 0 Å². The fraction of sp³-hybridized carbons (Fsp3) is 0.667. The Kier molecular flexibility index (Phi) is 1.27. The van der Waals surface area contributed by atoms with Crippen LogP contribution < -0.4 is 5.32 Å². The first-order valence-corrected chi connectivity index (χ1v) is 2.97. The molecular weight excluding hydrogens is 118 g/mol. The number of carbonyl (C=O) groups is 2. The highest BCUT2D eigenvalue weighted by atomic mass is 16.2. The van der Waals surface area contributed by atoms with E-state index in [2.05, 4.69) is 5.32 Å². The van der Waals surface area contributed by atoms with Crippen molar-refractivity contribution in [2.75, 3.05) is 0 Å². The Labute approximate surface area is 53.4 Å². The molecule has 9 heavy (non-hydrogen) atoms. The fourth-order valence-electron chi connectivity index (χ4n) is 0.803. The third-order valence-corrected chi connectivity index (χ3v) is 1.82. The van der Waals surface area contributed by atoms with E-state index < -0.39 is 0 Å². The molecule has 1 rings (SSSR count). The lowest BCUT2D eigenvalue weighted by Gasteiger charge is -1.99. The predicted octanol–water partition coefficient (Wildman–Crippen LogP) is -0.0850. The largest absolute Gasteiger partial charge is 0.296 e. The van der Waals surface area contributed by atoms with Crippen LogP contribution in [0.1, 0.15) is 13.8 Å². The van der Waals surface area contributed by atoms with Gasteiger partial charge in [-0.25, -0.2) is 0 Å². The van der Waals surface area contributed by atoms with Crippen molar-refractivity contribution in [3.05, 3.63) is 0 Å². The number of carbonyl (C=O) groups excluding carboxylic acids is 2. The van der Waals surface area contributed by atoms with Crippen molar-refractivity contribution >= 4 is 11.8 Å². The van der Waals surface area contributed by atoms with Crippen LogP contribution in [0, 0.1) is 11.8 Å². The smallest absolute Gasteiger partial charge is 0.230 e. The summed E-state index contributed by atoms with van der Waals surface area (Å²) in [5, 5.41) is 2.24. The quantitative estimate of drug-likeness (QED) is 0.462. The highest BCUT2D eigenvalue weighted by Crippen LogP contribution is 2.16. The van der Waals surface area contributed by atoms with Crippen LogP contribution in [0.5, 0.6) is 0 Å². The molecule has 3 nitrogen and oxygen atoms in total. The summed E-state index contributed by atoms with van der Waals surface area (Å²) < 4.78 is 0. The molecule has 0 aromatic rings. The third-order valence-electron chi connectivity index (χ3n) is 1.82. The summed E-state index contributed by atoms with van der Waals surface area (Å²) in [6.45, 7) is 3.51. The summed E-state index contributed by atoms with van der Waals surface area (Å²) in [5.41, 5.74) is 0. The Balaban J connectivity index is 2.77. The summed E-state index contributed by atoms with van der Waals surface area (Å²) in [7, 11) is 0. The SMILES string of the molecule is CC1C(=O)NC(=O)C1C. The minimum atomic E-state index is -0.146. The van der Waals surface area contributed by atoms with Crippen molar-refractivity contribution in [1.29, 1.82) is 0 Å². The third kappa shape index (κ3) is 0.823. The molecule has 0 saturated carbocycles. The predicted molar refractivity (Wildman–Crippen MR) is 31.5 cm³/mol. The lowest BCUT2D eigenvalue weighted by atomic mass is 10.00. The number of imide groups is 1. The molecule has 2 amide bonds. The lowest BCUT2D eigenvalue weighted by Crippen LogP contribution is -2.21. The fourth-order valence-corrected chi connectivity index (χ4v) is 0.803. The molecule has 2 atom stereocenters. The van der Waals surface area contributed by atoms with Gasteiger partial charge in [-0.05, 0) is 0 Å². The van der Waals surface area contributed by atoms with Gasteiger partial charge in [0.25, 0.3) is 0 Å². The first-order valence-electron chi connectivity index (χ1n) is 2.97. The Morgan fingerprint density at radius 2 is 1.44 bits per heavy atom. The molecule has 0 spiro atoms. The van der Waals surface area contributed by atoms with E-state index in [9.17, 15) is 9.59 Å². The Morgan fingerprint density at radius 3 is 1.56 bits per heavy atom. The standard InChI is InChI=1S/C6H9NO2/c1-3-4(2)6(9)7-5(3)8/h3-4H,1-2H3,(H,7,8,9). The number of amides is 2. The minimum Gasteiger partial charge on any atom is -0.296 e. The molecule has 1 aliphatic rings. The van der Waals surface area contributed by atoms with Gasteiger partial charge in [-0.2, -0.15) is 0 Å². The van der Waals surface area contributed by atoms with E-state index in [0.29, 0.717) is 0 Å². The van der Waals surface area contributed by atoms with E-state index in [1.165, 1.54) is 0 Å². The van der Waals surface area contributed by atoms with Crippen LogP contribution in [0.15, 0.2) is 0 Å². The molecule has 0 radical (unpaired) electrons. The molecular formula is C6H9NO2. The number of hydrogen-bond donors (Lipinski definition) is 1. The first kappa shape index (κ1) is 6.26. The Morgan fingerprint density at radius 1 is 1.11 bits per heavy atom. The summed E-state index contributed by atoms with van der Waals surface area (Å²) in [6.07, 6.45) is 0. The van der Waals surface area contributed by atoms with Crippen LogP contribution in [0.25, 0.3) is 0 Å². The zero-order valence-corrected chi connectivity index (χ0v) is 5.47. The summed E-state index contributed by atoms with van der Waals surface area (Å²) >= 11 is 0. The molecule has 0 aromatic heterocycles. The summed E-state index contributed by atoms with van der Waals surface area (Å²) in [5.74, 6) is -0.574. The lowest BCUT2D eigenvalue weighted by molar-refractivity contribution is -0.126. The van der Waals surface area contributed by atoms with Crippen molar-refractivity contribution in [3.63, 3.8) is 0 Å². The van der Waals surface area contributed by atoms with E-state index in [1.54, 1.807) is 13.8 Å². The second-order valence-electron chi connectivity index (χ2n) is 2.43. The normalized spacial score (nSPS) is 34.9. The van der Waals surface area contributed by atoms with Crippen molar-refractivity contribution < 1.29 is 9.59 Å². The maximum Gasteiger partial charge on any atom is 0.230 e. The zero-order valence-electron chi connectivity index (χ0n) is 5.47. The van der Waals surface area contributed by atoms with Crippen LogP contribution in [-0.2, 0) is 9.59 Å². The van der Waals surface area contributed by atoms with Crippen molar-refractivity contribution in [3.8, 4) is 0 Å². The van der Waals surface area contributed by atoms with Gasteiger partial charge in [0.15, 0.2) is 0 Å². The van der Waals surface area contributed by atoms with Gasteiger partial charge in [0.05, 0.1) is 0 Å². The first-order chi connectivity index (χ1) is 4.13. The Bertz CT molecular complexity index is 146. The van der Waals surface area contributed by atoms with E-state index >= 15 is 0 Å². The van der Waals surface area contributed by atoms with Gasteiger partial charge < -0.3 is 0 Å². The number of rotatable bonds is 0. The van der Waals surface area contributed by atoms with Crippen LogP contribution >= 0.6 is 0 Å². The number of nitrogens with one attached hydrogen (secondary N) is 1. The highest BCUT2D eigenvalue weighted by molar-refractivity contribution is 6.04. The van der Waals surface area contributed by atoms with Crippen LogP contribution in [0.3, 0.4) is 0 Å². The van der Waals surface area contributed by atoms with E-state index in [-0.39, 0.29) is 23.7 Å². The monoisotopic (exact) mass is 127 g/mol. The highest BCUT2D eigenvalue weighted by Gasteiger charge is 2.34. The van der Waals surface area contributed by atoms with Gasteiger partial charge in [0, 0.05) is 11.8 Å². The van der Waals surface area contributed by atoms with Crippen LogP contribution in [0.4, 0.5) is 0 Å². The van der Waals surface area contributed by atoms with Crippen molar-refractivity contribution in [1.82, 2.24) is 5.32 Å².